The van der Waals surface area contributed by atoms with Crippen LogP contribution in [-0.4, -0.2) is 23.5 Å². The molecule has 0 unspecified atom stereocenters. The minimum Gasteiger partial charge on any atom is -0.411 e. The Balaban J connectivity index is 1.89. The van der Waals surface area contributed by atoms with E-state index in [0.29, 0.717) is 11.8 Å². The first-order valence-corrected chi connectivity index (χ1v) is 6.97. The standard InChI is InChI=1S/C15H23N3O/c1-11(18-19)13-3-2-4-15(9-13)17-10-12-5-7-14(16)8-6-12/h2-4,9,12,14,17,19H,5-8,10,16H2,1H3/b18-11-. The molecule has 0 aliphatic heterocycles. The average Bonchev–Trinajstić information content (AvgIpc) is 2.46. The predicted octanol–water partition coefficient (Wildman–Crippen LogP) is 2.81. The van der Waals surface area contributed by atoms with Crippen LogP contribution in [0.4, 0.5) is 5.69 Å². The van der Waals surface area contributed by atoms with Gasteiger partial charge < -0.3 is 16.3 Å². The van der Waals surface area contributed by atoms with Crippen LogP contribution >= 0.6 is 0 Å². The zero-order chi connectivity index (χ0) is 13.7. The van der Waals surface area contributed by atoms with Gasteiger partial charge in [-0.25, -0.2) is 0 Å². The maximum atomic E-state index is 8.79. The molecule has 1 fully saturated rings. The Morgan fingerprint density at radius 3 is 2.79 bits per heavy atom. The summed E-state index contributed by atoms with van der Waals surface area (Å²) in [6.45, 7) is 2.78. The normalized spacial score (nSPS) is 24.2. The molecule has 0 spiro atoms. The van der Waals surface area contributed by atoms with E-state index >= 15 is 0 Å². The summed E-state index contributed by atoms with van der Waals surface area (Å²) in [4.78, 5) is 0. The van der Waals surface area contributed by atoms with Crippen molar-refractivity contribution in [2.24, 2.45) is 16.8 Å². The second-order valence-electron chi connectivity index (χ2n) is 5.43. The molecule has 2 rings (SSSR count). The number of oxime groups is 1. The van der Waals surface area contributed by atoms with E-state index in [1.165, 1.54) is 12.8 Å². The van der Waals surface area contributed by atoms with Gasteiger partial charge in [-0.3, -0.25) is 0 Å². The lowest BCUT2D eigenvalue weighted by molar-refractivity contribution is 0.319. The van der Waals surface area contributed by atoms with Crippen molar-refractivity contribution in [1.29, 1.82) is 0 Å². The first kappa shape index (κ1) is 13.9. The highest BCUT2D eigenvalue weighted by Gasteiger charge is 2.18. The highest BCUT2D eigenvalue weighted by Crippen LogP contribution is 2.23. The van der Waals surface area contributed by atoms with Gasteiger partial charge in [0.05, 0.1) is 5.71 Å². The van der Waals surface area contributed by atoms with Gasteiger partial charge in [0.2, 0.25) is 0 Å². The zero-order valence-electron chi connectivity index (χ0n) is 11.5. The van der Waals surface area contributed by atoms with Gasteiger partial charge in [-0.15, -0.1) is 0 Å². The molecule has 0 aromatic heterocycles. The molecule has 1 aromatic rings. The van der Waals surface area contributed by atoms with Crippen LogP contribution in [0.3, 0.4) is 0 Å². The van der Waals surface area contributed by atoms with Gasteiger partial charge in [0.1, 0.15) is 0 Å². The number of anilines is 1. The monoisotopic (exact) mass is 261 g/mol. The van der Waals surface area contributed by atoms with Crippen molar-refractivity contribution < 1.29 is 5.21 Å². The van der Waals surface area contributed by atoms with Crippen LogP contribution < -0.4 is 11.1 Å². The molecule has 0 saturated heterocycles. The molecule has 0 atom stereocenters. The molecule has 1 aliphatic carbocycles. The van der Waals surface area contributed by atoms with Gasteiger partial charge in [0.25, 0.3) is 0 Å². The van der Waals surface area contributed by atoms with E-state index in [1.54, 1.807) is 6.92 Å². The molecule has 4 N–H and O–H groups in total. The molecule has 0 amide bonds. The van der Waals surface area contributed by atoms with E-state index in [1.807, 2.05) is 24.3 Å². The SMILES string of the molecule is C/C(=N/O)c1cccc(NCC2CCC(N)CC2)c1. The summed E-state index contributed by atoms with van der Waals surface area (Å²) in [5.74, 6) is 0.719. The van der Waals surface area contributed by atoms with Crippen molar-refractivity contribution in [3.8, 4) is 0 Å². The van der Waals surface area contributed by atoms with Gasteiger partial charge in [-0.1, -0.05) is 17.3 Å². The van der Waals surface area contributed by atoms with Crippen molar-refractivity contribution >= 4 is 11.4 Å². The molecule has 4 nitrogen and oxygen atoms in total. The van der Waals surface area contributed by atoms with Gasteiger partial charge in [0, 0.05) is 23.8 Å². The average molecular weight is 261 g/mol. The number of hydrogen-bond donors (Lipinski definition) is 3. The maximum absolute atomic E-state index is 8.79. The highest BCUT2D eigenvalue weighted by atomic mass is 16.4. The van der Waals surface area contributed by atoms with Crippen LogP contribution in [0.2, 0.25) is 0 Å². The van der Waals surface area contributed by atoms with E-state index in [0.717, 1.165) is 36.6 Å². The smallest absolute Gasteiger partial charge is 0.0837 e. The Kier molecular flexibility index (Phi) is 4.80. The Labute approximate surface area is 114 Å². The third-order valence-corrected chi connectivity index (χ3v) is 3.92. The summed E-state index contributed by atoms with van der Waals surface area (Å²) in [7, 11) is 0. The van der Waals surface area contributed by atoms with Gasteiger partial charge in [-0.05, 0) is 50.7 Å². The number of nitrogens with one attached hydrogen (secondary N) is 1. The van der Waals surface area contributed by atoms with E-state index < -0.39 is 0 Å². The Morgan fingerprint density at radius 2 is 2.11 bits per heavy atom. The maximum Gasteiger partial charge on any atom is 0.0837 e. The number of benzene rings is 1. The summed E-state index contributed by atoms with van der Waals surface area (Å²) in [5, 5.41) is 15.5. The van der Waals surface area contributed by atoms with Crippen molar-refractivity contribution in [3.63, 3.8) is 0 Å². The molecule has 1 aromatic carbocycles. The lowest BCUT2D eigenvalue weighted by Crippen LogP contribution is -2.29. The quantitative estimate of drug-likeness (QED) is 0.443. The lowest BCUT2D eigenvalue weighted by atomic mass is 9.86. The number of hydrogen-bond acceptors (Lipinski definition) is 4. The third kappa shape index (κ3) is 3.96. The first-order chi connectivity index (χ1) is 9.19. The van der Waals surface area contributed by atoms with Crippen LogP contribution in [0.15, 0.2) is 29.4 Å². The topological polar surface area (TPSA) is 70.6 Å². The molecule has 19 heavy (non-hydrogen) atoms. The van der Waals surface area contributed by atoms with Crippen LogP contribution in [0.25, 0.3) is 0 Å². The Morgan fingerprint density at radius 1 is 1.37 bits per heavy atom. The first-order valence-electron chi connectivity index (χ1n) is 6.97. The van der Waals surface area contributed by atoms with Gasteiger partial charge >= 0.3 is 0 Å². The van der Waals surface area contributed by atoms with Crippen LogP contribution in [0.1, 0.15) is 38.2 Å². The third-order valence-electron chi connectivity index (χ3n) is 3.92. The molecule has 0 bridgehead atoms. The summed E-state index contributed by atoms with van der Waals surface area (Å²) in [6, 6.07) is 8.39. The second-order valence-corrected chi connectivity index (χ2v) is 5.43. The van der Waals surface area contributed by atoms with Crippen LogP contribution in [0, 0.1) is 5.92 Å². The number of nitrogens with zero attached hydrogens (tertiary/aromatic N) is 1. The molecule has 0 heterocycles. The Bertz CT molecular complexity index is 437. The van der Waals surface area contributed by atoms with Crippen molar-refractivity contribution in [2.75, 3.05) is 11.9 Å². The molecule has 0 radical (unpaired) electrons. The number of rotatable bonds is 4. The molecular weight excluding hydrogens is 238 g/mol. The van der Waals surface area contributed by atoms with E-state index in [-0.39, 0.29) is 0 Å². The van der Waals surface area contributed by atoms with Gasteiger partial charge in [0.15, 0.2) is 0 Å². The van der Waals surface area contributed by atoms with Crippen molar-refractivity contribution in [1.82, 2.24) is 0 Å². The summed E-state index contributed by atoms with van der Waals surface area (Å²) in [5.41, 5.74) is 8.57. The summed E-state index contributed by atoms with van der Waals surface area (Å²) in [6.07, 6.45) is 4.71. The highest BCUT2D eigenvalue weighted by molar-refractivity contribution is 5.98. The lowest BCUT2D eigenvalue weighted by Gasteiger charge is -2.26. The van der Waals surface area contributed by atoms with Crippen molar-refractivity contribution in [3.05, 3.63) is 29.8 Å². The fraction of sp³-hybridized carbons (Fsp3) is 0.533. The molecule has 1 aliphatic rings. The van der Waals surface area contributed by atoms with Crippen LogP contribution in [-0.2, 0) is 0 Å². The molecule has 4 heteroatoms. The second kappa shape index (κ2) is 6.57. The van der Waals surface area contributed by atoms with E-state index in [2.05, 4.69) is 10.5 Å². The summed E-state index contributed by atoms with van der Waals surface area (Å²) >= 11 is 0. The number of nitrogens with two attached hydrogens (primary N) is 1. The van der Waals surface area contributed by atoms with Gasteiger partial charge in [-0.2, -0.15) is 0 Å². The minimum absolute atomic E-state index is 0.406. The minimum atomic E-state index is 0.406. The zero-order valence-corrected chi connectivity index (χ0v) is 11.5. The van der Waals surface area contributed by atoms with Crippen molar-refractivity contribution in [2.45, 2.75) is 38.6 Å². The molecular formula is C15H23N3O. The van der Waals surface area contributed by atoms with Crippen LogP contribution in [0.5, 0.6) is 0 Å². The van der Waals surface area contributed by atoms with E-state index in [9.17, 15) is 0 Å². The fourth-order valence-corrected chi connectivity index (χ4v) is 2.57. The fourth-order valence-electron chi connectivity index (χ4n) is 2.57. The largest absolute Gasteiger partial charge is 0.411 e. The summed E-state index contributed by atoms with van der Waals surface area (Å²) < 4.78 is 0. The predicted molar refractivity (Wildman–Crippen MR) is 78.9 cm³/mol. The molecule has 1 saturated carbocycles. The van der Waals surface area contributed by atoms with E-state index in [4.69, 9.17) is 10.9 Å². The molecule has 104 valence electrons. The Hall–Kier alpha value is -1.55.